The highest BCUT2D eigenvalue weighted by Crippen LogP contribution is 2.20. The summed E-state index contributed by atoms with van der Waals surface area (Å²) in [7, 11) is 0. The Kier molecular flexibility index (Phi) is 6.82. The molecule has 0 spiro atoms. The number of benzene rings is 4. The van der Waals surface area contributed by atoms with Gasteiger partial charge in [-0.15, -0.1) is 0 Å². The molecule has 3 heteroatoms. The van der Waals surface area contributed by atoms with Crippen LogP contribution >= 0.6 is 0 Å². The molecule has 0 radical (unpaired) electrons. The van der Waals surface area contributed by atoms with Crippen molar-refractivity contribution in [3.63, 3.8) is 0 Å². The molecular weight excluding hydrogens is 417 g/mol. The standard InChI is InChI=1S/C30H21F3/c1-2-3-4-23-12-15-25(28(31)18-23)14-11-22-7-5-21(6-8-22)9-10-24-13-16-26-19-29(32)30(33)20-27(26)17-24/h5-8,12-13,15-20H,2-4H2,1H3. The Labute approximate surface area is 192 Å². The molecule has 0 nitrogen and oxygen atoms in total. The zero-order chi connectivity index (χ0) is 23.2. The molecule has 0 aliphatic carbocycles. The summed E-state index contributed by atoms with van der Waals surface area (Å²) in [5.74, 6) is 9.95. The van der Waals surface area contributed by atoms with E-state index in [1.54, 1.807) is 30.3 Å². The third kappa shape index (κ3) is 5.65. The van der Waals surface area contributed by atoms with Gasteiger partial charge >= 0.3 is 0 Å². The van der Waals surface area contributed by atoms with E-state index in [0.29, 0.717) is 21.9 Å². The van der Waals surface area contributed by atoms with E-state index in [0.717, 1.165) is 36.0 Å². The van der Waals surface area contributed by atoms with Crippen LogP contribution in [0, 0.1) is 41.1 Å². The average molecular weight is 438 g/mol. The minimum absolute atomic E-state index is 0.295. The normalized spacial score (nSPS) is 10.3. The first-order chi connectivity index (χ1) is 16.0. The molecule has 33 heavy (non-hydrogen) atoms. The largest absolute Gasteiger partial charge is 0.206 e. The number of halogens is 3. The van der Waals surface area contributed by atoms with E-state index < -0.39 is 11.6 Å². The third-order valence-electron chi connectivity index (χ3n) is 5.31. The predicted octanol–water partition coefficient (Wildman–Crippen LogP) is 7.40. The van der Waals surface area contributed by atoms with Gasteiger partial charge in [0.2, 0.25) is 0 Å². The maximum absolute atomic E-state index is 14.3. The summed E-state index contributed by atoms with van der Waals surface area (Å²) >= 11 is 0. The van der Waals surface area contributed by atoms with E-state index in [1.165, 1.54) is 12.1 Å². The molecule has 0 unspecified atom stereocenters. The van der Waals surface area contributed by atoms with Gasteiger partial charge in [-0.05, 0) is 89.8 Å². The maximum Gasteiger partial charge on any atom is 0.159 e. The summed E-state index contributed by atoms with van der Waals surface area (Å²) in [6, 6.07) is 20.2. The molecule has 0 saturated heterocycles. The van der Waals surface area contributed by atoms with E-state index in [2.05, 4.69) is 30.6 Å². The molecule has 0 N–H and O–H groups in total. The van der Waals surface area contributed by atoms with Gasteiger partial charge in [0.15, 0.2) is 11.6 Å². The van der Waals surface area contributed by atoms with Crippen LogP contribution in [-0.2, 0) is 6.42 Å². The number of aryl methyl sites for hydroxylation is 1. The molecule has 0 amide bonds. The van der Waals surface area contributed by atoms with E-state index in [9.17, 15) is 13.2 Å². The highest BCUT2D eigenvalue weighted by molar-refractivity contribution is 5.84. The van der Waals surface area contributed by atoms with E-state index >= 15 is 0 Å². The Morgan fingerprint density at radius 2 is 1.18 bits per heavy atom. The Bertz CT molecular complexity index is 1430. The van der Waals surface area contributed by atoms with Gasteiger partial charge < -0.3 is 0 Å². The van der Waals surface area contributed by atoms with Crippen molar-refractivity contribution in [3.8, 4) is 23.7 Å². The molecule has 0 heterocycles. The predicted molar refractivity (Wildman–Crippen MR) is 127 cm³/mol. The number of rotatable bonds is 3. The molecule has 0 aliphatic rings. The van der Waals surface area contributed by atoms with Crippen molar-refractivity contribution in [2.45, 2.75) is 26.2 Å². The van der Waals surface area contributed by atoms with Crippen LogP contribution in [0.2, 0.25) is 0 Å². The Hall–Kier alpha value is -3.95. The van der Waals surface area contributed by atoms with Crippen molar-refractivity contribution >= 4 is 10.8 Å². The lowest BCUT2D eigenvalue weighted by Crippen LogP contribution is -1.90. The molecule has 4 rings (SSSR count). The second-order valence-corrected chi connectivity index (χ2v) is 7.82. The lowest BCUT2D eigenvalue weighted by Gasteiger charge is -2.01. The van der Waals surface area contributed by atoms with Crippen molar-refractivity contribution in [2.75, 3.05) is 0 Å². The molecule has 4 aromatic carbocycles. The first kappa shape index (κ1) is 22.3. The minimum Gasteiger partial charge on any atom is -0.206 e. The first-order valence-corrected chi connectivity index (χ1v) is 10.8. The fraction of sp³-hybridized carbons (Fsp3) is 0.133. The molecule has 162 valence electrons. The monoisotopic (exact) mass is 438 g/mol. The second kappa shape index (κ2) is 10.1. The molecule has 0 saturated carbocycles. The second-order valence-electron chi connectivity index (χ2n) is 7.82. The summed E-state index contributed by atoms with van der Waals surface area (Å²) in [6.45, 7) is 2.11. The number of hydrogen-bond acceptors (Lipinski definition) is 0. The molecule has 0 aliphatic heterocycles. The van der Waals surface area contributed by atoms with E-state index in [4.69, 9.17) is 0 Å². The summed E-state index contributed by atoms with van der Waals surface area (Å²) in [4.78, 5) is 0. The highest BCUT2D eigenvalue weighted by Gasteiger charge is 2.04. The van der Waals surface area contributed by atoms with Crippen molar-refractivity contribution in [2.24, 2.45) is 0 Å². The molecule has 0 fully saturated rings. The van der Waals surface area contributed by atoms with Crippen molar-refractivity contribution < 1.29 is 13.2 Å². The van der Waals surface area contributed by atoms with Crippen LogP contribution in [0.25, 0.3) is 10.8 Å². The smallest absolute Gasteiger partial charge is 0.159 e. The zero-order valence-electron chi connectivity index (χ0n) is 18.2. The summed E-state index contributed by atoms with van der Waals surface area (Å²) in [5, 5.41) is 1.21. The Balaban J connectivity index is 1.48. The average Bonchev–Trinajstić information content (AvgIpc) is 2.82. The van der Waals surface area contributed by atoms with Gasteiger partial charge in [0, 0.05) is 16.7 Å². The summed E-state index contributed by atoms with van der Waals surface area (Å²) in [6.07, 6.45) is 2.99. The highest BCUT2D eigenvalue weighted by atomic mass is 19.2. The molecule has 0 bridgehead atoms. The third-order valence-corrected chi connectivity index (χ3v) is 5.31. The topological polar surface area (TPSA) is 0 Å². The zero-order valence-corrected chi connectivity index (χ0v) is 18.2. The maximum atomic E-state index is 14.3. The minimum atomic E-state index is -0.878. The fourth-order valence-electron chi connectivity index (χ4n) is 3.44. The van der Waals surface area contributed by atoms with Crippen LogP contribution < -0.4 is 0 Å². The van der Waals surface area contributed by atoms with E-state index in [-0.39, 0.29) is 5.82 Å². The summed E-state index contributed by atoms with van der Waals surface area (Å²) < 4.78 is 41.1. The SMILES string of the molecule is CCCCc1ccc(C#Cc2ccc(C#Cc3ccc4cc(F)c(F)cc4c3)cc2)c(F)c1. The first-order valence-electron chi connectivity index (χ1n) is 10.8. The molecule has 0 atom stereocenters. The van der Waals surface area contributed by atoms with Crippen molar-refractivity contribution in [1.82, 2.24) is 0 Å². The van der Waals surface area contributed by atoms with Gasteiger partial charge in [0.25, 0.3) is 0 Å². The summed E-state index contributed by atoms with van der Waals surface area (Å²) in [5.41, 5.74) is 3.63. The molecule has 0 aromatic heterocycles. The van der Waals surface area contributed by atoms with Crippen LogP contribution in [0.4, 0.5) is 13.2 Å². The van der Waals surface area contributed by atoms with Gasteiger partial charge in [-0.25, -0.2) is 13.2 Å². The fourth-order valence-corrected chi connectivity index (χ4v) is 3.44. The van der Waals surface area contributed by atoms with Gasteiger partial charge in [-0.3, -0.25) is 0 Å². The molecular formula is C30H21F3. The Morgan fingerprint density at radius 1 is 0.576 bits per heavy atom. The van der Waals surface area contributed by atoms with Crippen LogP contribution in [0.1, 0.15) is 47.6 Å². The molecule has 4 aromatic rings. The van der Waals surface area contributed by atoms with Crippen LogP contribution in [-0.4, -0.2) is 0 Å². The van der Waals surface area contributed by atoms with Crippen LogP contribution in [0.3, 0.4) is 0 Å². The van der Waals surface area contributed by atoms with Crippen LogP contribution in [0.15, 0.2) is 72.8 Å². The van der Waals surface area contributed by atoms with Gasteiger partial charge in [0.1, 0.15) is 5.82 Å². The van der Waals surface area contributed by atoms with Crippen molar-refractivity contribution in [1.29, 1.82) is 0 Å². The lowest BCUT2D eigenvalue weighted by atomic mass is 10.1. The lowest BCUT2D eigenvalue weighted by molar-refractivity contribution is 0.511. The quantitative estimate of drug-likeness (QED) is 0.292. The van der Waals surface area contributed by atoms with Gasteiger partial charge in [-0.2, -0.15) is 0 Å². The number of unbranched alkanes of at least 4 members (excludes halogenated alkanes) is 1. The Morgan fingerprint density at radius 3 is 1.85 bits per heavy atom. The van der Waals surface area contributed by atoms with Crippen molar-refractivity contribution in [3.05, 3.63) is 118 Å². The number of hydrogen-bond donors (Lipinski definition) is 0. The van der Waals surface area contributed by atoms with Gasteiger partial charge in [-0.1, -0.05) is 49.2 Å². The van der Waals surface area contributed by atoms with Gasteiger partial charge in [0.05, 0.1) is 5.56 Å². The number of fused-ring (bicyclic) bond motifs is 1. The van der Waals surface area contributed by atoms with E-state index in [1.807, 2.05) is 30.3 Å². The van der Waals surface area contributed by atoms with Crippen LogP contribution in [0.5, 0.6) is 0 Å².